The molecule has 1 heterocycles. The fourth-order valence-electron chi connectivity index (χ4n) is 2.98. The van der Waals surface area contributed by atoms with Crippen molar-refractivity contribution in [2.45, 2.75) is 52.3 Å². The maximum Gasteiger partial charge on any atom is 0.407 e. The van der Waals surface area contributed by atoms with E-state index in [4.69, 9.17) is 9.47 Å². The van der Waals surface area contributed by atoms with Crippen molar-refractivity contribution in [1.82, 2.24) is 15.5 Å². The summed E-state index contributed by atoms with van der Waals surface area (Å²) in [6.45, 7) is 9.59. The van der Waals surface area contributed by atoms with Gasteiger partial charge in [0, 0.05) is 26.7 Å². The average molecular weight is 394 g/mol. The van der Waals surface area contributed by atoms with Crippen molar-refractivity contribution in [2.75, 3.05) is 26.7 Å². The highest BCUT2D eigenvalue weighted by atomic mass is 19.1. The minimum absolute atomic E-state index is 0.00341. The number of rotatable bonds is 5. The lowest BCUT2D eigenvalue weighted by Crippen LogP contribution is -2.44. The summed E-state index contributed by atoms with van der Waals surface area (Å²) in [7, 11) is 1.70. The van der Waals surface area contributed by atoms with E-state index in [9.17, 15) is 9.18 Å². The van der Waals surface area contributed by atoms with Crippen molar-refractivity contribution in [3.05, 3.63) is 29.6 Å². The Kier molecular flexibility index (Phi) is 7.48. The van der Waals surface area contributed by atoms with Crippen LogP contribution in [0.4, 0.5) is 9.18 Å². The van der Waals surface area contributed by atoms with E-state index in [-0.39, 0.29) is 17.6 Å². The van der Waals surface area contributed by atoms with Crippen LogP contribution < -0.4 is 15.4 Å². The van der Waals surface area contributed by atoms with Crippen LogP contribution in [0.5, 0.6) is 5.75 Å². The van der Waals surface area contributed by atoms with Crippen LogP contribution >= 0.6 is 0 Å². The molecule has 0 spiro atoms. The molecular weight excluding hydrogens is 363 g/mol. The van der Waals surface area contributed by atoms with Crippen molar-refractivity contribution < 1.29 is 18.7 Å². The zero-order valence-corrected chi connectivity index (χ0v) is 17.3. The van der Waals surface area contributed by atoms with Gasteiger partial charge in [0.05, 0.1) is 12.6 Å². The quantitative estimate of drug-likeness (QED) is 0.593. The number of carbonyl (C=O) groups is 1. The van der Waals surface area contributed by atoms with Crippen molar-refractivity contribution >= 4 is 12.1 Å². The molecule has 0 radical (unpaired) electrons. The molecule has 1 aliphatic rings. The molecule has 0 bridgehead atoms. The van der Waals surface area contributed by atoms with E-state index in [1.807, 2.05) is 33.8 Å². The van der Waals surface area contributed by atoms with E-state index in [1.54, 1.807) is 13.1 Å². The highest BCUT2D eigenvalue weighted by molar-refractivity contribution is 5.80. The summed E-state index contributed by atoms with van der Waals surface area (Å²) >= 11 is 0. The molecule has 156 valence electrons. The van der Waals surface area contributed by atoms with Crippen molar-refractivity contribution in [2.24, 2.45) is 4.99 Å². The number of amides is 1. The number of nitrogens with one attached hydrogen (secondary N) is 2. The van der Waals surface area contributed by atoms with Gasteiger partial charge in [-0.25, -0.2) is 9.18 Å². The van der Waals surface area contributed by atoms with Crippen LogP contribution in [0.25, 0.3) is 0 Å². The number of guanidine groups is 1. The second kappa shape index (κ2) is 9.61. The van der Waals surface area contributed by atoms with Crippen LogP contribution in [0.15, 0.2) is 23.2 Å². The molecule has 0 saturated carbocycles. The molecule has 1 amide bonds. The summed E-state index contributed by atoms with van der Waals surface area (Å²) in [4.78, 5) is 18.3. The summed E-state index contributed by atoms with van der Waals surface area (Å²) in [5.41, 5.74) is 0.275. The van der Waals surface area contributed by atoms with Gasteiger partial charge in [-0.15, -0.1) is 0 Å². The smallest absolute Gasteiger partial charge is 0.407 e. The second-order valence-electron chi connectivity index (χ2n) is 7.68. The number of nitrogens with zero attached hydrogens (tertiary/aromatic N) is 2. The van der Waals surface area contributed by atoms with E-state index in [1.165, 1.54) is 6.07 Å². The average Bonchev–Trinajstić information content (AvgIpc) is 3.04. The molecule has 1 unspecified atom stereocenters. The predicted octanol–water partition coefficient (Wildman–Crippen LogP) is 2.90. The molecule has 1 saturated heterocycles. The van der Waals surface area contributed by atoms with E-state index in [0.29, 0.717) is 25.7 Å². The first kappa shape index (κ1) is 21.8. The number of hydrogen-bond donors (Lipinski definition) is 2. The van der Waals surface area contributed by atoms with Crippen LogP contribution in [0, 0.1) is 5.82 Å². The first-order valence-electron chi connectivity index (χ1n) is 9.58. The molecule has 28 heavy (non-hydrogen) atoms. The molecule has 1 aromatic rings. The highest BCUT2D eigenvalue weighted by Crippen LogP contribution is 2.18. The number of likely N-dealkylation sites (tertiary alicyclic amines) is 1. The van der Waals surface area contributed by atoms with Gasteiger partial charge in [0.15, 0.2) is 17.5 Å². The fourth-order valence-corrected chi connectivity index (χ4v) is 2.98. The molecule has 1 fully saturated rings. The Hall–Kier alpha value is -2.51. The molecule has 2 N–H and O–H groups in total. The van der Waals surface area contributed by atoms with Gasteiger partial charge in [-0.3, -0.25) is 4.99 Å². The molecule has 0 aliphatic carbocycles. The third kappa shape index (κ3) is 6.58. The number of halogens is 1. The third-order valence-electron chi connectivity index (χ3n) is 4.17. The van der Waals surface area contributed by atoms with Gasteiger partial charge < -0.3 is 25.0 Å². The number of carbonyl (C=O) groups excluding carboxylic acids is 1. The molecule has 1 aromatic carbocycles. The topological polar surface area (TPSA) is 75.2 Å². The molecular formula is C20H31FN4O3. The minimum Gasteiger partial charge on any atom is -0.491 e. The Labute approximate surface area is 166 Å². The summed E-state index contributed by atoms with van der Waals surface area (Å²) in [6.07, 6.45) is 0.393. The Morgan fingerprint density at radius 3 is 2.75 bits per heavy atom. The number of alkyl carbamates (subject to hydrolysis) is 1. The molecule has 2 rings (SSSR count). The first-order valence-corrected chi connectivity index (χ1v) is 9.58. The zero-order valence-electron chi connectivity index (χ0n) is 17.3. The lowest BCUT2D eigenvalue weighted by Gasteiger charge is -2.23. The largest absolute Gasteiger partial charge is 0.491 e. The molecule has 7 nitrogen and oxygen atoms in total. The van der Waals surface area contributed by atoms with E-state index in [2.05, 4.69) is 20.5 Å². The van der Waals surface area contributed by atoms with Gasteiger partial charge in [-0.2, -0.15) is 0 Å². The number of hydrogen-bond acceptors (Lipinski definition) is 4. The van der Waals surface area contributed by atoms with E-state index < -0.39 is 11.7 Å². The van der Waals surface area contributed by atoms with Crippen LogP contribution in [0.2, 0.25) is 0 Å². The molecule has 0 aromatic heterocycles. The molecule has 1 atom stereocenters. The Bertz CT molecular complexity index is 703. The van der Waals surface area contributed by atoms with Crippen molar-refractivity contribution in [3.63, 3.8) is 0 Å². The predicted molar refractivity (Wildman–Crippen MR) is 107 cm³/mol. The van der Waals surface area contributed by atoms with Gasteiger partial charge in [0.1, 0.15) is 5.60 Å². The first-order chi connectivity index (χ1) is 13.2. The Balaban J connectivity index is 1.86. The van der Waals surface area contributed by atoms with Gasteiger partial charge in [-0.05, 0) is 51.8 Å². The van der Waals surface area contributed by atoms with Gasteiger partial charge >= 0.3 is 6.09 Å². The summed E-state index contributed by atoms with van der Waals surface area (Å²) in [5.74, 6) is 0.591. The number of aliphatic imine (C=N–C) groups is 1. The lowest BCUT2D eigenvalue weighted by molar-refractivity contribution is 0.0507. The van der Waals surface area contributed by atoms with Gasteiger partial charge in [0.2, 0.25) is 0 Å². The van der Waals surface area contributed by atoms with Gasteiger partial charge in [0.25, 0.3) is 0 Å². The minimum atomic E-state index is -0.521. The maximum absolute atomic E-state index is 14.0. The number of ether oxygens (including phenoxy) is 2. The summed E-state index contributed by atoms with van der Waals surface area (Å²) < 4.78 is 24.5. The highest BCUT2D eigenvalue weighted by Gasteiger charge is 2.27. The van der Waals surface area contributed by atoms with Crippen LogP contribution in [0.3, 0.4) is 0 Å². The standard InChI is InChI=1S/C20H31FN4O3/c1-6-27-17-8-7-14(11-16(17)21)12-23-18(22-5)25-10-9-15(13-25)24-19(26)28-20(2,3)4/h7-8,11,15H,6,9-10,12-13H2,1-5H3,(H,22,23)(H,24,26). The molecule has 8 heteroatoms. The SMILES string of the molecule is CCOc1ccc(CNC(=NC)N2CCC(NC(=O)OC(C)(C)C)C2)cc1F. The van der Waals surface area contributed by atoms with Crippen molar-refractivity contribution in [3.8, 4) is 5.75 Å². The number of benzene rings is 1. The normalized spacial score (nSPS) is 17.4. The molecule has 1 aliphatic heterocycles. The Morgan fingerprint density at radius 1 is 1.39 bits per heavy atom. The van der Waals surface area contributed by atoms with E-state index >= 15 is 0 Å². The monoisotopic (exact) mass is 394 g/mol. The summed E-state index contributed by atoms with van der Waals surface area (Å²) in [5, 5.41) is 6.14. The maximum atomic E-state index is 14.0. The van der Waals surface area contributed by atoms with Gasteiger partial charge in [-0.1, -0.05) is 6.07 Å². The van der Waals surface area contributed by atoms with Crippen LogP contribution in [-0.2, 0) is 11.3 Å². The van der Waals surface area contributed by atoms with E-state index in [0.717, 1.165) is 18.5 Å². The van der Waals surface area contributed by atoms with Crippen molar-refractivity contribution in [1.29, 1.82) is 0 Å². The van der Waals surface area contributed by atoms with Crippen LogP contribution in [-0.4, -0.2) is 55.3 Å². The Morgan fingerprint density at radius 2 is 2.14 bits per heavy atom. The fraction of sp³-hybridized carbons (Fsp3) is 0.600. The second-order valence-corrected chi connectivity index (χ2v) is 7.68. The zero-order chi connectivity index (χ0) is 20.7. The third-order valence-corrected chi connectivity index (χ3v) is 4.17. The summed E-state index contributed by atoms with van der Waals surface area (Å²) in [6, 6.07) is 4.92. The van der Waals surface area contributed by atoms with Crippen LogP contribution in [0.1, 0.15) is 39.7 Å². The lowest BCUT2D eigenvalue weighted by atomic mass is 10.2.